The molecule has 0 aliphatic carbocycles. The summed E-state index contributed by atoms with van der Waals surface area (Å²) in [6.07, 6.45) is -3.16. The van der Waals surface area contributed by atoms with E-state index in [4.69, 9.17) is 4.74 Å². The Morgan fingerprint density at radius 2 is 1.86 bits per heavy atom. The highest BCUT2D eigenvalue weighted by molar-refractivity contribution is 7.14. The average Bonchev–Trinajstić information content (AvgIpc) is 3.31. The van der Waals surface area contributed by atoms with E-state index in [-0.39, 0.29) is 6.03 Å². The topological polar surface area (TPSA) is 91.8 Å². The van der Waals surface area contributed by atoms with Gasteiger partial charge in [-0.1, -0.05) is 25.1 Å². The number of halogens is 3. The third-order valence-corrected chi connectivity index (χ3v) is 6.98. The molecule has 2 amide bonds. The van der Waals surface area contributed by atoms with E-state index >= 15 is 0 Å². The molecule has 11 heteroatoms. The third kappa shape index (κ3) is 5.71. The zero-order valence-corrected chi connectivity index (χ0v) is 21.3. The average molecular weight is 534 g/mol. The summed E-state index contributed by atoms with van der Waals surface area (Å²) in [5.41, 5.74) is 1.85. The number of amides is 2. The van der Waals surface area contributed by atoms with E-state index in [1.807, 2.05) is 13.0 Å². The maximum atomic E-state index is 12.9. The molecule has 1 aliphatic heterocycles. The Hall–Kier alpha value is -3.60. The zero-order chi connectivity index (χ0) is 27.0. The van der Waals surface area contributed by atoms with Gasteiger partial charge in [0.15, 0.2) is 10.7 Å². The molecule has 0 bridgehead atoms. The first-order valence-corrected chi connectivity index (χ1v) is 12.5. The van der Waals surface area contributed by atoms with Crippen LogP contribution in [0, 0.1) is 0 Å². The summed E-state index contributed by atoms with van der Waals surface area (Å²) in [6, 6.07) is 7.99. The first-order chi connectivity index (χ1) is 17.4. The number of carboxylic acids is 1. The van der Waals surface area contributed by atoms with Crippen molar-refractivity contribution >= 4 is 28.5 Å². The van der Waals surface area contributed by atoms with Gasteiger partial charge in [0, 0.05) is 24.0 Å². The number of carbonyl (C=O) groups excluding carboxylic acids is 1. The van der Waals surface area contributed by atoms with Gasteiger partial charge in [0.2, 0.25) is 0 Å². The molecule has 1 aromatic heterocycles. The summed E-state index contributed by atoms with van der Waals surface area (Å²) >= 11 is 1.19. The number of alkyl halides is 3. The number of nitrogens with zero attached hydrogens (tertiary/aromatic N) is 2. The lowest BCUT2D eigenvalue weighted by Gasteiger charge is -2.31. The number of aromatic nitrogens is 1. The molecule has 4 rings (SSSR count). The van der Waals surface area contributed by atoms with Gasteiger partial charge in [-0.05, 0) is 61.6 Å². The minimum absolute atomic E-state index is 0.329. The molecule has 2 N–H and O–H groups in total. The van der Waals surface area contributed by atoms with E-state index in [0.29, 0.717) is 48.1 Å². The second kappa shape index (κ2) is 10.0. The van der Waals surface area contributed by atoms with Crippen molar-refractivity contribution in [3.63, 3.8) is 0 Å². The maximum absolute atomic E-state index is 12.9. The highest BCUT2D eigenvalue weighted by Gasteiger charge is 2.32. The van der Waals surface area contributed by atoms with E-state index in [0.717, 1.165) is 28.8 Å². The van der Waals surface area contributed by atoms with Gasteiger partial charge in [-0.25, -0.2) is 14.6 Å². The van der Waals surface area contributed by atoms with Crippen LogP contribution in [0.1, 0.15) is 43.0 Å². The highest BCUT2D eigenvalue weighted by atomic mass is 32.1. The maximum Gasteiger partial charge on any atom is 0.416 e. The van der Waals surface area contributed by atoms with Crippen LogP contribution in [-0.2, 0) is 30.4 Å². The van der Waals surface area contributed by atoms with Crippen LogP contribution in [0.2, 0.25) is 0 Å². The number of urea groups is 1. The van der Waals surface area contributed by atoms with Gasteiger partial charge < -0.3 is 14.7 Å². The quantitative estimate of drug-likeness (QED) is 0.392. The standard InChI is InChI=1S/C26H26F3N3O4S/c1-4-18-19-11-12-32(13-16(19)7-10-21(18)36-25(2,3)22(33)34)24(35)31-23-30-20(14-37-23)15-5-8-17(9-6-15)26(27,28)29/h5-10,14H,4,11-13H2,1-3H3,(H,33,34)(H,30,31,35). The lowest BCUT2D eigenvalue weighted by molar-refractivity contribution is -0.152. The van der Waals surface area contributed by atoms with Crippen LogP contribution in [0.4, 0.5) is 23.1 Å². The van der Waals surface area contributed by atoms with E-state index in [1.54, 1.807) is 16.3 Å². The Bertz CT molecular complexity index is 1320. The molecule has 0 unspecified atom stereocenters. The molecule has 2 aromatic carbocycles. The number of anilines is 1. The lowest BCUT2D eigenvalue weighted by atomic mass is 9.92. The Kier molecular flexibility index (Phi) is 7.18. The number of hydrogen-bond donors (Lipinski definition) is 2. The molecule has 0 radical (unpaired) electrons. The summed E-state index contributed by atoms with van der Waals surface area (Å²) in [6.45, 7) is 5.80. The molecule has 0 saturated heterocycles. The van der Waals surface area contributed by atoms with E-state index < -0.39 is 23.3 Å². The predicted molar refractivity (Wildman–Crippen MR) is 134 cm³/mol. The zero-order valence-electron chi connectivity index (χ0n) is 20.5. The van der Waals surface area contributed by atoms with Crippen molar-refractivity contribution in [2.24, 2.45) is 0 Å². The Morgan fingerprint density at radius 3 is 2.49 bits per heavy atom. The van der Waals surface area contributed by atoms with Crippen LogP contribution < -0.4 is 10.1 Å². The fraction of sp³-hybridized carbons (Fsp3) is 0.346. The van der Waals surface area contributed by atoms with Crippen molar-refractivity contribution in [2.45, 2.75) is 51.9 Å². The largest absolute Gasteiger partial charge is 0.478 e. The highest BCUT2D eigenvalue weighted by Crippen LogP contribution is 2.34. The van der Waals surface area contributed by atoms with Crippen LogP contribution in [0.5, 0.6) is 5.75 Å². The summed E-state index contributed by atoms with van der Waals surface area (Å²) in [5.74, 6) is -0.524. The third-order valence-electron chi connectivity index (χ3n) is 6.23. The smallest absolute Gasteiger partial charge is 0.416 e. The van der Waals surface area contributed by atoms with E-state index in [1.165, 1.54) is 37.3 Å². The second-order valence-corrected chi connectivity index (χ2v) is 10.0. The van der Waals surface area contributed by atoms with Gasteiger partial charge in [-0.15, -0.1) is 11.3 Å². The molecular weight excluding hydrogens is 507 g/mol. The van der Waals surface area contributed by atoms with Gasteiger partial charge in [-0.2, -0.15) is 13.2 Å². The summed E-state index contributed by atoms with van der Waals surface area (Å²) < 4.78 is 44.2. The number of nitrogens with one attached hydrogen (secondary N) is 1. The first kappa shape index (κ1) is 26.5. The summed E-state index contributed by atoms with van der Waals surface area (Å²) in [4.78, 5) is 30.4. The number of thiazole rings is 1. The number of carboxylic acid groups (broad SMARTS) is 1. The van der Waals surface area contributed by atoms with Crippen molar-refractivity contribution in [1.29, 1.82) is 0 Å². The molecule has 1 aliphatic rings. The normalized spacial score (nSPS) is 13.7. The minimum atomic E-state index is -4.41. The molecular formula is C26H26F3N3O4S. The SMILES string of the molecule is CCc1c(OC(C)(C)C(=O)O)ccc2c1CCN(C(=O)Nc1nc(-c3ccc(C(F)(F)F)cc3)cs1)C2. The lowest BCUT2D eigenvalue weighted by Crippen LogP contribution is -2.40. The Labute approximate surface area is 215 Å². The number of hydrogen-bond acceptors (Lipinski definition) is 5. The van der Waals surface area contributed by atoms with Crippen molar-refractivity contribution in [1.82, 2.24) is 9.88 Å². The van der Waals surface area contributed by atoms with Gasteiger partial charge in [0.25, 0.3) is 0 Å². The molecule has 3 aromatic rings. The molecule has 7 nitrogen and oxygen atoms in total. The number of rotatable bonds is 6. The van der Waals surface area contributed by atoms with Crippen molar-refractivity contribution in [3.05, 3.63) is 64.0 Å². The van der Waals surface area contributed by atoms with Crippen molar-refractivity contribution in [2.75, 3.05) is 11.9 Å². The van der Waals surface area contributed by atoms with Crippen LogP contribution in [0.3, 0.4) is 0 Å². The second-order valence-electron chi connectivity index (χ2n) is 9.17. The molecule has 37 heavy (non-hydrogen) atoms. The number of carbonyl (C=O) groups is 2. The molecule has 0 atom stereocenters. The molecule has 196 valence electrons. The predicted octanol–water partition coefficient (Wildman–Crippen LogP) is 6.22. The fourth-order valence-electron chi connectivity index (χ4n) is 4.15. The Morgan fingerprint density at radius 1 is 1.16 bits per heavy atom. The number of ether oxygens (including phenoxy) is 1. The molecule has 2 heterocycles. The summed E-state index contributed by atoms with van der Waals surface area (Å²) in [5, 5.41) is 14.2. The first-order valence-electron chi connectivity index (χ1n) is 11.6. The van der Waals surface area contributed by atoms with Crippen LogP contribution in [0.25, 0.3) is 11.3 Å². The molecule has 0 fully saturated rings. The number of fused-ring (bicyclic) bond motifs is 1. The van der Waals surface area contributed by atoms with Gasteiger partial charge >= 0.3 is 18.2 Å². The van der Waals surface area contributed by atoms with E-state index in [9.17, 15) is 27.9 Å². The Balaban J connectivity index is 1.44. The van der Waals surface area contributed by atoms with Crippen LogP contribution in [-0.4, -0.2) is 39.1 Å². The summed E-state index contributed by atoms with van der Waals surface area (Å²) in [7, 11) is 0. The fourth-order valence-corrected chi connectivity index (χ4v) is 4.86. The van der Waals surface area contributed by atoms with Gasteiger partial charge in [0.05, 0.1) is 11.3 Å². The minimum Gasteiger partial charge on any atom is -0.478 e. The number of aliphatic carboxylic acids is 1. The van der Waals surface area contributed by atoms with Gasteiger partial charge in [0.1, 0.15) is 5.75 Å². The van der Waals surface area contributed by atoms with Gasteiger partial charge in [-0.3, -0.25) is 5.32 Å². The molecule has 0 saturated carbocycles. The molecule has 0 spiro atoms. The van der Waals surface area contributed by atoms with Crippen molar-refractivity contribution < 1.29 is 32.6 Å². The van der Waals surface area contributed by atoms with Crippen molar-refractivity contribution in [3.8, 4) is 17.0 Å². The van der Waals surface area contributed by atoms with E-state index in [2.05, 4.69) is 10.3 Å². The monoisotopic (exact) mass is 533 g/mol. The van der Waals surface area contributed by atoms with Crippen LogP contribution >= 0.6 is 11.3 Å². The number of benzene rings is 2. The van der Waals surface area contributed by atoms with Crippen LogP contribution in [0.15, 0.2) is 41.8 Å².